The molecular formula is C49H36N4OS. The zero-order valence-electron chi connectivity index (χ0n) is 30.2. The second kappa shape index (κ2) is 11.1. The second-order valence-electron chi connectivity index (χ2n) is 16.6. The molecule has 0 atom stereocenters. The summed E-state index contributed by atoms with van der Waals surface area (Å²) >= 11 is 1.86. The number of furan rings is 1. The van der Waals surface area contributed by atoms with Crippen LogP contribution in [0.4, 0.5) is 0 Å². The van der Waals surface area contributed by atoms with Crippen molar-refractivity contribution in [1.29, 1.82) is 0 Å². The summed E-state index contributed by atoms with van der Waals surface area (Å²) in [7, 11) is 0. The first-order valence-electron chi connectivity index (χ1n) is 19.8. The highest BCUT2D eigenvalue weighted by Crippen LogP contribution is 2.60. The van der Waals surface area contributed by atoms with Crippen molar-refractivity contribution in [3.8, 4) is 28.5 Å². The lowest BCUT2D eigenvalue weighted by Gasteiger charge is -2.56. The van der Waals surface area contributed by atoms with Crippen molar-refractivity contribution in [3.63, 3.8) is 0 Å². The van der Waals surface area contributed by atoms with Gasteiger partial charge in [-0.2, -0.15) is 0 Å². The molecule has 4 bridgehead atoms. The smallest absolute Gasteiger partial charge is 0.163 e. The lowest BCUT2D eigenvalue weighted by molar-refractivity contribution is -0.00938. The van der Waals surface area contributed by atoms with E-state index in [2.05, 4.69) is 132 Å². The number of hydrogen-bond acceptors (Lipinski definition) is 5. The molecule has 6 aromatic carbocycles. The van der Waals surface area contributed by atoms with E-state index in [-0.39, 0.29) is 5.41 Å². The SMILES string of the molecule is c1ccc(-c2nc(-c3cccc(-n4c5ccccc5c5c6sc7ccccc7c6c6oc7ccccc7c6c54)c3)nc(C34CC5CC(CC(C5)C3)C4)n2)cc1. The molecule has 6 heteroatoms. The highest BCUT2D eigenvalue weighted by molar-refractivity contribution is 7.27. The standard InChI is InChI=1S/C49H36N4OS/c1-2-11-31(12-3-1)46-50-47(52-48(51-46)49-25-28-21-29(26-49)23-30(22-28)27-49)32-13-10-14-33(24-32)53-37-18-7-4-15-34(37)41-43(53)40-35-16-5-8-19-38(35)54-44(40)42-36-17-6-9-20-39(36)55-45(41)42/h1-20,24,28-30H,21-23,25-27H2. The van der Waals surface area contributed by atoms with Crippen LogP contribution >= 0.6 is 11.3 Å². The predicted molar refractivity (Wildman–Crippen MR) is 225 cm³/mol. The first-order valence-corrected chi connectivity index (χ1v) is 20.6. The molecule has 0 aliphatic heterocycles. The Morgan fingerprint density at radius 3 is 2.04 bits per heavy atom. The molecule has 0 radical (unpaired) electrons. The number of thiophene rings is 1. The predicted octanol–water partition coefficient (Wildman–Crippen LogP) is 13.0. The average Bonchev–Trinajstić information content (AvgIpc) is 3.90. The van der Waals surface area contributed by atoms with Crippen molar-refractivity contribution in [1.82, 2.24) is 19.5 Å². The molecule has 0 unspecified atom stereocenters. The highest BCUT2D eigenvalue weighted by Gasteiger charge is 2.53. The number of nitrogens with zero attached hydrogens (tertiary/aromatic N) is 4. The van der Waals surface area contributed by atoms with Gasteiger partial charge in [0.2, 0.25) is 0 Å². The summed E-state index contributed by atoms with van der Waals surface area (Å²) in [6.45, 7) is 0. The van der Waals surface area contributed by atoms with Gasteiger partial charge in [-0.1, -0.05) is 97.1 Å². The molecule has 0 saturated heterocycles. The van der Waals surface area contributed by atoms with Crippen molar-refractivity contribution < 1.29 is 4.42 Å². The van der Waals surface area contributed by atoms with Crippen LogP contribution < -0.4 is 0 Å². The third-order valence-corrected chi connectivity index (χ3v) is 14.5. The summed E-state index contributed by atoms with van der Waals surface area (Å²) in [5, 5.41) is 7.23. The monoisotopic (exact) mass is 728 g/mol. The Hall–Kier alpha value is -5.85. The van der Waals surface area contributed by atoms with Crippen molar-refractivity contribution in [2.75, 3.05) is 0 Å². The van der Waals surface area contributed by atoms with Crippen molar-refractivity contribution >= 4 is 75.3 Å². The molecule has 4 aliphatic rings. The van der Waals surface area contributed by atoms with Crippen LogP contribution in [-0.4, -0.2) is 19.5 Å². The maximum absolute atomic E-state index is 6.86. The van der Waals surface area contributed by atoms with Gasteiger partial charge in [-0.25, -0.2) is 15.0 Å². The van der Waals surface area contributed by atoms with Crippen LogP contribution in [0.15, 0.2) is 132 Å². The lowest BCUT2D eigenvalue weighted by atomic mass is 9.49. The summed E-state index contributed by atoms with van der Waals surface area (Å²) in [6, 6.07) is 45.5. The summed E-state index contributed by atoms with van der Waals surface area (Å²) in [5.41, 5.74) is 7.36. The van der Waals surface area contributed by atoms with Gasteiger partial charge in [0.1, 0.15) is 17.0 Å². The van der Waals surface area contributed by atoms with E-state index >= 15 is 0 Å². The molecule has 0 amide bonds. The largest absolute Gasteiger partial charge is 0.455 e. The van der Waals surface area contributed by atoms with Gasteiger partial charge in [0.25, 0.3) is 0 Å². The molecule has 10 aromatic rings. The van der Waals surface area contributed by atoms with Crippen LogP contribution in [0.1, 0.15) is 44.3 Å². The van der Waals surface area contributed by atoms with E-state index in [1.54, 1.807) is 0 Å². The molecule has 264 valence electrons. The molecule has 4 aliphatic carbocycles. The molecule has 55 heavy (non-hydrogen) atoms. The maximum Gasteiger partial charge on any atom is 0.163 e. The molecule has 4 heterocycles. The van der Waals surface area contributed by atoms with Crippen LogP contribution in [0, 0.1) is 17.8 Å². The zero-order valence-corrected chi connectivity index (χ0v) is 31.0. The van der Waals surface area contributed by atoms with E-state index in [4.69, 9.17) is 19.4 Å². The Morgan fingerprint density at radius 2 is 1.24 bits per heavy atom. The first kappa shape index (κ1) is 30.5. The third-order valence-electron chi connectivity index (χ3n) is 13.3. The quantitative estimate of drug-likeness (QED) is 0.181. The van der Waals surface area contributed by atoms with E-state index < -0.39 is 0 Å². The summed E-state index contributed by atoms with van der Waals surface area (Å²) in [4.78, 5) is 16.1. The fraction of sp³-hybridized carbons (Fsp3) is 0.204. The number of rotatable bonds is 4. The Bertz CT molecular complexity index is 3140. The molecule has 0 N–H and O–H groups in total. The molecule has 5 nitrogen and oxygen atoms in total. The van der Waals surface area contributed by atoms with Gasteiger partial charge >= 0.3 is 0 Å². The van der Waals surface area contributed by atoms with Gasteiger partial charge in [-0.05, 0) is 86.6 Å². The van der Waals surface area contributed by atoms with Crippen LogP contribution in [0.5, 0.6) is 0 Å². The van der Waals surface area contributed by atoms with Crippen LogP contribution in [-0.2, 0) is 5.41 Å². The Morgan fingerprint density at radius 1 is 0.582 bits per heavy atom. The van der Waals surface area contributed by atoms with Crippen LogP contribution in [0.25, 0.3) is 92.4 Å². The van der Waals surface area contributed by atoms with Gasteiger partial charge in [0, 0.05) is 58.6 Å². The van der Waals surface area contributed by atoms with E-state index in [1.807, 2.05) is 11.3 Å². The summed E-state index contributed by atoms with van der Waals surface area (Å²) in [5.74, 6) is 4.94. The molecule has 0 spiro atoms. The van der Waals surface area contributed by atoms with Gasteiger partial charge in [0.05, 0.1) is 16.4 Å². The van der Waals surface area contributed by atoms with Gasteiger partial charge in [0.15, 0.2) is 11.6 Å². The minimum Gasteiger partial charge on any atom is -0.455 e. The highest BCUT2D eigenvalue weighted by atomic mass is 32.1. The molecular weight excluding hydrogens is 693 g/mol. The Balaban J connectivity index is 1.09. The van der Waals surface area contributed by atoms with E-state index in [1.165, 1.54) is 80.5 Å². The van der Waals surface area contributed by atoms with Crippen LogP contribution in [0.3, 0.4) is 0 Å². The number of hydrogen-bond donors (Lipinski definition) is 0. The topological polar surface area (TPSA) is 56.7 Å². The molecule has 14 rings (SSSR count). The van der Waals surface area contributed by atoms with Gasteiger partial charge in [-0.3, -0.25) is 0 Å². The lowest BCUT2D eigenvalue weighted by Crippen LogP contribution is -2.49. The summed E-state index contributed by atoms with van der Waals surface area (Å²) < 4.78 is 11.8. The van der Waals surface area contributed by atoms with E-state index in [0.29, 0.717) is 0 Å². The molecule has 4 saturated carbocycles. The maximum atomic E-state index is 6.86. The fourth-order valence-electron chi connectivity index (χ4n) is 11.5. The third kappa shape index (κ3) is 4.32. The number of benzene rings is 6. The molecule has 4 aromatic heterocycles. The Labute approximate surface area is 321 Å². The molecule has 4 fully saturated rings. The number of fused-ring (bicyclic) bond motifs is 12. The van der Waals surface area contributed by atoms with Gasteiger partial charge in [-0.15, -0.1) is 11.3 Å². The Kier molecular flexibility index (Phi) is 6.16. The van der Waals surface area contributed by atoms with Crippen molar-refractivity contribution in [2.24, 2.45) is 17.8 Å². The van der Waals surface area contributed by atoms with E-state index in [0.717, 1.165) is 74.0 Å². The number of aromatic nitrogens is 4. The van der Waals surface area contributed by atoms with Crippen LogP contribution in [0.2, 0.25) is 0 Å². The first-order chi connectivity index (χ1) is 27.2. The van der Waals surface area contributed by atoms with Crippen molar-refractivity contribution in [3.05, 3.63) is 133 Å². The zero-order chi connectivity index (χ0) is 35.8. The normalized spacial score (nSPS) is 22.0. The van der Waals surface area contributed by atoms with Gasteiger partial charge < -0.3 is 8.98 Å². The van der Waals surface area contributed by atoms with Crippen molar-refractivity contribution in [2.45, 2.75) is 43.9 Å². The minimum atomic E-state index is 0.0456. The number of para-hydroxylation sites is 2. The minimum absolute atomic E-state index is 0.0456. The fourth-order valence-corrected chi connectivity index (χ4v) is 12.8. The summed E-state index contributed by atoms with van der Waals surface area (Å²) in [6.07, 6.45) is 7.78. The van der Waals surface area contributed by atoms with E-state index in [9.17, 15) is 0 Å². The average molecular weight is 729 g/mol. The second-order valence-corrected chi connectivity index (χ2v) is 17.7.